The number of hydrogen-bond donors (Lipinski definition) is 0. The van der Waals surface area contributed by atoms with Crippen molar-refractivity contribution in [3.8, 4) is 11.4 Å². The molecule has 202 valence electrons. The molecule has 1 aliphatic heterocycles. The second-order valence-electron chi connectivity index (χ2n) is 10.0. The molecule has 1 aliphatic rings. The van der Waals surface area contributed by atoms with Gasteiger partial charge in [0.15, 0.2) is 5.65 Å². The third-order valence-electron chi connectivity index (χ3n) is 7.38. The molecule has 0 aliphatic carbocycles. The summed E-state index contributed by atoms with van der Waals surface area (Å²) in [5.41, 5.74) is 4.80. The third-order valence-corrected chi connectivity index (χ3v) is 7.38. The van der Waals surface area contributed by atoms with Gasteiger partial charge in [-0.1, -0.05) is 60.7 Å². The highest BCUT2D eigenvalue weighted by atomic mass is 16.5. The lowest BCUT2D eigenvalue weighted by Crippen LogP contribution is -2.49. The van der Waals surface area contributed by atoms with Crippen LogP contribution in [0.1, 0.15) is 22.6 Å². The van der Waals surface area contributed by atoms with E-state index in [1.807, 2.05) is 89.3 Å². The number of aromatic nitrogens is 4. The van der Waals surface area contributed by atoms with Crippen molar-refractivity contribution in [1.82, 2.24) is 24.6 Å². The monoisotopic (exact) mass is 532 g/mol. The first-order valence-corrected chi connectivity index (χ1v) is 13.6. The van der Waals surface area contributed by atoms with Gasteiger partial charge in [-0.25, -0.2) is 14.6 Å². The predicted molar refractivity (Wildman–Crippen MR) is 156 cm³/mol. The molecule has 0 atom stereocenters. The van der Waals surface area contributed by atoms with Gasteiger partial charge in [-0.3, -0.25) is 4.79 Å². The smallest absolute Gasteiger partial charge is 0.227 e. The molecule has 40 heavy (non-hydrogen) atoms. The van der Waals surface area contributed by atoms with Gasteiger partial charge < -0.3 is 14.5 Å². The van der Waals surface area contributed by atoms with E-state index >= 15 is 0 Å². The summed E-state index contributed by atoms with van der Waals surface area (Å²) in [6.07, 6.45) is 1.01. The quantitative estimate of drug-likeness (QED) is 0.305. The number of fused-ring (bicyclic) bond motifs is 1. The molecule has 8 nitrogen and oxygen atoms in total. The maximum absolute atomic E-state index is 13.1. The molecule has 8 heteroatoms. The largest absolute Gasteiger partial charge is 0.497 e. The maximum atomic E-state index is 13.1. The molecule has 0 spiro atoms. The fourth-order valence-corrected chi connectivity index (χ4v) is 5.24. The Bertz CT molecular complexity index is 1610. The summed E-state index contributed by atoms with van der Waals surface area (Å²) in [7, 11) is 1.64. The molecule has 0 N–H and O–H groups in total. The van der Waals surface area contributed by atoms with Crippen LogP contribution >= 0.6 is 0 Å². The Morgan fingerprint density at radius 2 is 1.50 bits per heavy atom. The first-order chi connectivity index (χ1) is 19.6. The van der Waals surface area contributed by atoms with E-state index < -0.39 is 0 Å². The van der Waals surface area contributed by atoms with E-state index in [1.165, 1.54) is 0 Å². The van der Waals surface area contributed by atoms with Crippen molar-refractivity contribution in [1.29, 1.82) is 0 Å². The zero-order chi connectivity index (χ0) is 27.5. The van der Waals surface area contributed by atoms with Gasteiger partial charge in [0.2, 0.25) is 5.91 Å². The van der Waals surface area contributed by atoms with Crippen molar-refractivity contribution in [2.24, 2.45) is 0 Å². The van der Waals surface area contributed by atoms with Crippen LogP contribution in [0.25, 0.3) is 16.7 Å². The summed E-state index contributed by atoms with van der Waals surface area (Å²) in [5.74, 6) is 2.57. The molecular weight excluding hydrogens is 500 g/mol. The highest BCUT2D eigenvalue weighted by Crippen LogP contribution is 2.30. The van der Waals surface area contributed by atoms with Crippen molar-refractivity contribution < 1.29 is 9.53 Å². The molecule has 0 bridgehead atoms. The number of benzene rings is 3. The normalized spacial score (nSPS) is 13.6. The highest BCUT2D eigenvalue weighted by molar-refractivity contribution is 5.91. The number of aryl methyl sites for hydroxylation is 1. The molecule has 0 radical (unpaired) electrons. The number of amides is 1. The van der Waals surface area contributed by atoms with Crippen LogP contribution in [-0.2, 0) is 17.6 Å². The second kappa shape index (κ2) is 11.2. The second-order valence-corrected chi connectivity index (χ2v) is 10.0. The number of rotatable bonds is 7. The summed E-state index contributed by atoms with van der Waals surface area (Å²) in [4.78, 5) is 27.4. The van der Waals surface area contributed by atoms with Gasteiger partial charge in [-0.05, 0) is 42.3 Å². The van der Waals surface area contributed by atoms with Crippen molar-refractivity contribution in [3.63, 3.8) is 0 Å². The van der Waals surface area contributed by atoms with Crippen molar-refractivity contribution in [3.05, 3.63) is 108 Å². The van der Waals surface area contributed by atoms with E-state index in [-0.39, 0.29) is 5.91 Å². The summed E-state index contributed by atoms with van der Waals surface area (Å²) in [5, 5.41) is 5.84. The summed E-state index contributed by atoms with van der Waals surface area (Å²) in [6.45, 7) is 4.68. The molecule has 1 saturated heterocycles. The van der Waals surface area contributed by atoms with Gasteiger partial charge in [-0.2, -0.15) is 5.10 Å². The fourth-order valence-electron chi connectivity index (χ4n) is 5.24. The van der Waals surface area contributed by atoms with Crippen LogP contribution in [0.2, 0.25) is 0 Å². The van der Waals surface area contributed by atoms with Crippen molar-refractivity contribution in [2.45, 2.75) is 19.8 Å². The molecule has 3 heterocycles. The minimum atomic E-state index is 0.135. The van der Waals surface area contributed by atoms with Crippen LogP contribution in [-0.4, -0.2) is 63.8 Å². The minimum Gasteiger partial charge on any atom is -0.497 e. The van der Waals surface area contributed by atoms with Crippen LogP contribution in [0, 0.1) is 6.92 Å². The molecular formula is C32H32N6O2. The average molecular weight is 533 g/mol. The lowest BCUT2D eigenvalue weighted by molar-refractivity contribution is -0.130. The third kappa shape index (κ3) is 5.25. The van der Waals surface area contributed by atoms with Gasteiger partial charge in [0.05, 0.1) is 30.3 Å². The SMILES string of the molecule is COc1ccc(CC(=O)N2CCN(c3nc(Cc4ccccc4)nc4c3c(C)nn4-c3ccccc3)CC2)cc1. The number of piperazine rings is 1. The van der Waals surface area contributed by atoms with Crippen LogP contribution in [0.3, 0.4) is 0 Å². The lowest BCUT2D eigenvalue weighted by Gasteiger charge is -2.36. The number of hydrogen-bond acceptors (Lipinski definition) is 6. The number of carbonyl (C=O) groups is 1. The Morgan fingerprint density at radius 1 is 0.825 bits per heavy atom. The maximum Gasteiger partial charge on any atom is 0.227 e. The number of methoxy groups -OCH3 is 1. The molecule has 6 rings (SSSR count). The first kappa shape index (κ1) is 25.6. The molecule has 2 aromatic heterocycles. The number of ether oxygens (including phenoxy) is 1. The number of nitrogens with zero attached hydrogens (tertiary/aromatic N) is 6. The van der Waals surface area contributed by atoms with Gasteiger partial charge in [0, 0.05) is 32.6 Å². The number of para-hydroxylation sites is 1. The lowest BCUT2D eigenvalue weighted by atomic mass is 10.1. The minimum absolute atomic E-state index is 0.135. The van der Waals surface area contributed by atoms with E-state index in [0.29, 0.717) is 39.0 Å². The molecule has 1 fully saturated rings. The van der Waals surface area contributed by atoms with Gasteiger partial charge >= 0.3 is 0 Å². The van der Waals surface area contributed by atoms with E-state index in [1.54, 1.807) is 7.11 Å². The van der Waals surface area contributed by atoms with Crippen LogP contribution in [0.5, 0.6) is 5.75 Å². The number of carbonyl (C=O) groups excluding carboxylic acids is 1. The Labute approximate surface area is 233 Å². The van der Waals surface area contributed by atoms with E-state index in [9.17, 15) is 4.79 Å². The van der Waals surface area contributed by atoms with E-state index in [0.717, 1.165) is 50.9 Å². The average Bonchev–Trinajstić information content (AvgIpc) is 3.34. The van der Waals surface area contributed by atoms with Crippen LogP contribution in [0.15, 0.2) is 84.9 Å². The first-order valence-electron chi connectivity index (χ1n) is 13.6. The highest BCUT2D eigenvalue weighted by Gasteiger charge is 2.26. The number of anilines is 1. The summed E-state index contributed by atoms with van der Waals surface area (Å²) < 4.78 is 7.15. The molecule has 5 aromatic rings. The molecule has 0 saturated carbocycles. The van der Waals surface area contributed by atoms with Crippen LogP contribution in [0.4, 0.5) is 5.82 Å². The van der Waals surface area contributed by atoms with Crippen molar-refractivity contribution >= 4 is 22.8 Å². The fraction of sp³-hybridized carbons (Fsp3) is 0.250. The molecule has 3 aromatic carbocycles. The molecule has 0 unspecified atom stereocenters. The summed E-state index contributed by atoms with van der Waals surface area (Å²) >= 11 is 0. The van der Waals surface area contributed by atoms with E-state index in [4.69, 9.17) is 19.8 Å². The Balaban J connectivity index is 1.28. The van der Waals surface area contributed by atoms with Gasteiger partial charge in [-0.15, -0.1) is 0 Å². The van der Waals surface area contributed by atoms with E-state index in [2.05, 4.69) is 17.0 Å². The predicted octanol–water partition coefficient (Wildman–Crippen LogP) is 4.61. The standard InChI is InChI=1S/C32H32N6O2/c1-23-30-31(37-19-17-36(18-20-37)29(39)22-25-13-15-27(40-2)16-14-25)33-28(21-24-9-5-3-6-10-24)34-32(30)38(35-23)26-11-7-4-8-12-26/h3-16H,17-22H2,1-2H3. The van der Waals surface area contributed by atoms with Crippen molar-refractivity contribution in [2.75, 3.05) is 38.2 Å². The zero-order valence-electron chi connectivity index (χ0n) is 22.8. The molecule has 1 amide bonds. The summed E-state index contributed by atoms with van der Waals surface area (Å²) in [6, 6.07) is 28.1. The Morgan fingerprint density at radius 3 is 2.17 bits per heavy atom. The Kier molecular flexibility index (Phi) is 7.14. The Hall–Kier alpha value is -4.72. The van der Waals surface area contributed by atoms with Crippen LogP contribution < -0.4 is 9.64 Å². The van der Waals surface area contributed by atoms with Gasteiger partial charge in [0.1, 0.15) is 17.4 Å². The zero-order valence-corrected chi connectivity index (χ0v) is 22.8. The van der Waals surface area contributed by atoms with Gasteiger partial charge in [0.25, 0.3) is 0 Å². The topological polar surface area (TPSA) is 76.4 Å².